The molecule has 2 nitrogen and oxygen atoms in total. The first-order chi connectivity index (χ1) is 8.16. The van der Waals surface area contributed by atoms with Crippen LogP contribution in [-0.2, 0) is 0 Å². The van der Waals surface area contributed by atoms with Crippen LogP contribution in [0.5, 0.6) is 0 Å². The molecule has 17 heavy (non-hydrogen) atoms. The molecule has 3 atom stereocenters. The Balaban J connectivity index is 1.79. The van der Waals surface area contributed by atoms with Crippen LogP contribution >= 0.6 is 0 Å². The topological polar surface area (TPSA) is 32.3 Å². The highest BCUT2D eigenvalue weighted by molar-refractivity contribution is 5.17. The third-order valence-corrected chi connectivity index (χ3v) is 3.64. The van der Waals surface area contributed by atoms with Crippen LogP contribution in [0.15, 0.2) is 30.3 Å². The molecular formula is C15H23NO. The highest BCUT2D eigenvalue weighted by Gasteiger charge is 2.28. The molecule has 1 saturated carbocycles. The molecule has 0 amide bonds. The molecule has 0 heterocycles. The van der Waals surface area contributed by atoms with Gasteiger partial charge in [0.25, 0.3) is 0 Å². The Bertz CT molecular complexity index is 334. The molecule has 1 aliphatic rings. The molecule has 2 heteroatoms. The van der Waals surface area contributed by atoms with E-state index in [9.17, 15) is 5.11 Å². The van der Waals surface area contributed by atoms with Gasteiger partial charge in [-0.15, -0.1) is 0 Å². The van der Waals surface area contributed by atoms with Crippen molar-refractivity contribution in [3.05, 3.63) is 35.9 Å². The summed E-state index contributed by atoms with van der Waals surface area (Å²) in [5.41, 5.74) is 1.01. The molecule has 94 valence electrons. The van der Waals surface area contributed by atoms with Crippen molar-refractivity contribution in [1.82, 2.24) is 5.32 Å². The number of nitrogens with one attached hydrogen (secondary N) is 1. The van der Waals surface area contributed by atoms with E-state index in [1.54, 1.807) is 0 Å². The summed E-state index contributed by atoms with van der Waals surface area (Å²) in [6, 6.07) is 10.9. The summed E-state index contributed by atoms with van der Waals surface area (Å²) in [4.78, 5) is 0. The Morgan fingerprint density at radius 1 is 1.24 bits per heavy atom. The Morgan fingerprint density at radius 3 is 2.47 bits per heavy atom. The molecule has 1 fully saturated rings. The fourth-order valence-corrected chi connectivity index (χ4v) is 2.40. The van der Waals surface area contributed by atoms with E-state index >= 15 is 0 Å². The molecule has 1 aromatic carbocycles. The normalized spacial score (nSPS) is 20.9. The highest BCUT2D eigenvalue weighted by atomic mass is 16.3. The largest absolute Gasteiger partial charge is 0.388 e. The second-order valence-corrected chi connectivity index (χ2v) is 5.36. The molecule has 0 saturated heterocycles. The average Bonchev–Trinajstić information content (AvgIpc) is 3.13. The Labute approximate surface area is 104 Å². The van der Waals surface area contributed by atoms with Gasteiger partial charge >= 0.3 is 0 Å². The lowest BCUT2D eigenvalue weighted by Gasteiger charge is -2.22. The van der Waals surface area contributed by atoms with Gasteiger partial charge < -0.3 is 10.4 Å². The van der Waals surface area contributed by atoms with E-state index in [1.165, 1.54) is 12.8 Å². The Morgan fingerprint density at radius 2 is 1.88 bits per heavy atom. The van der Waals surface area contributed by atoms with E-state index in [0.717, 1.165) is 17.9 Å². The van der Waals surface area contributed by atoms with Crippen molar-refractivity contribution in [3.8, 4) is 0 Å². The zero-order valence-electron chi connectivity index (χ0n) is 10.8. The maximum atomic E-state index is 10.1. The van der Waals surface area contributed by atoms with Crippen molar-refractivity contribution in [1.29, 1.82) is 0 Å². The molecule has 1 aromatic rings. The van der Waals surface area contributed by atoms with Gasteiger partial charge in [-0.3, -0.25) is 0 Å². The molecule has 2 N–H and O–H groups in total. The minimum Gasteiger partial charge on any atom is -0.388 e. The lowest BCUT2D eigenvalue weighted by Crippen LogP contribution is -2.36. The van der Waals surface area contributed by atoms with Crippen molar-refractivity contribution >= 4 is 0 Å². The predicted molar refractivity (Wildman–Crippen MR) is 70.8 cm³/mol. The van der Waals surface area contributed by atoms with E-state index in [-0.39, 0.29) is 6.10 Å². The van der Waals surface area contributed by atoms with Gasteiger partial charge in [-0.2, -0.15) is 0 Å². The van der Waals surface area contributed by atoms with E-state index < -0.39 is 0 Å². The number of benzene rings is 1. The quantitative estimate of drug-likeness (QED) is 0.792. The Kier molecular flexibility index (Phi) is 4.19. The molecular weight excluding hydrogens is 210 g/mol. The van der Waals surface area contributed by atoms with Crippen LogP contribution in [0.4, 0.5) is 0 Å². The maximum absolute atomic E-state index is 10.1. The van der Waals surface area contributed by atoms with Crippen LogP contribution in [0.25, 0.3) is 0 Å². The summed E-state index contributed by atoms with van der Waals surface area (Å²) in [5, 5.41) is 13.7. The van der Waals surface area contributed by atoms with Crippen molar-refractivity contribution in [2.75, 3.05) is 0 Å². The molecule has 3 unspecified atom stereocenters. The minimum absolute atomic E-state index is 0.356. The molecule has 0 aromatic heterocycles. The molecule has 0 aliphatic heterocycles. The van der Waals surface area contributed by atoms with Gasteiger partial charge in [-0.25, -0.2) is 0 Å². The molecule has 0 radical (unpaired) electrons. The van der Waals surface area contributed by atoms with Gasteiger partial charge in [0.05, 0.1) is 6.10 Å². The molecule has 2 rings (SSSR count). The van der Waals surface area contributed by atoms with Gasteiger partial charge in [0.1, 0.15) is 0 Å². The lowest BCUT2D eigenvalue weighted by atomic mass is 10.0. The summed E-state index contributed by atoms with van der Waals surface area (Å²) >= 11 is 0. The first kappa shape index (κ1) is 12.6. The predicted octanol–water partition coefficient (Wildman–Crippen LogP) is 2.89. The minimum atomic E-state index is -0.356. The number of hydrogen-bond acceptors (Lipinski definition) is 2. The van der Waals surface area contributed by atoms with E-state index in [4.69, 9.17) is 0 Å². The van der Waals surface area contributed by atoms with Crippen molar-refractivity contribution < 1.29 is 5.11 Å². The maximum Gasteiger partial charge on any atom is 0.0804 e. The molecule has 0 spiro atoms. The first-order valence-electron chi connectivity index (χ1n) is 6.66. The van der Waals surface area contributed by atoms with Gasteiger partial charge in [0, 0.05) is 12.1 Å². The van der Waals surface area contributed by atoms with Crippen LogP contribution < -0.4 is 5.32 Å². The van der Waals surface area contributed by atoms with Gasteiger partial charge in [-0.1, -0.05) is 30.3 Å². The van der Waals surface area contributed by atoms with Crippen molar-refractivity contribution in [3.63, 3.8) is 0 Å². The van der Waals surface area contributed by atoms with Gasteiger partial charge in [0.2, 0.25) is 0 Å². The fourth-order valence-electron chi connectivity index (χ4n) is 2.40. The Hall–Kier alpha value is -0.860. The van der Waals surface area contributed by atoms with Crippen molar-refractivity contribution in [2.45, 2.75) is 51.3 Å². The van der Waals surface area contributed by atoms with Crippen LogP contribution in [0.2, 0.25) is 0 Å². The van der Waals surface area contributed by atoms with Crippen LogP contribution in [-0.4, -0.2) is 17.2 Å². The second-order valence-electron chi connectivity index (χ2n) is 5.36. The van der Waals surface area contributed by atoms with Crippen LogP contribution in [0.3, 0.4) is 0 Å². The zero-order chi connectivity index (χ0) is 12.3. The van der Waals surface area contributed by atoms with Gasteiger partial charge in [0.15, 0.2) is 0 Å². The van der Waals surface area contributed by atoms with Crippen LogP contribution in [0.1, 0.15) is 44.8 Å². The van der Waals surface area contributed by atoms with Crippen molar-refractivity contribution in [2.24, 2.45) is 5.92 Å². The summed E-state index contributed by atoms with van der Waals surface area (Å²) in [7, 11) is 0. The SMILES string of the molecule is CC(CC(O)c1ccccc1)NC(C)C1CC1. The summed E-state index contributed by atoms with van der Waals surface area (Å²) in [6.07, 6.45) is 3.15. The summed E-state index contributed by atoms with van der Waals surface area (Å²) in [5.74, 6) is 0.867. The lowest BCUT2D eigenvalue weighted by molar-refractivity contribution is 0.151. The second kappa shape index (κ2) is 5.65. The smallest absolute Gasteiger partial charge is 0.0804 e. The summed E-state index contributed by atoms with van der Waals surface area (Å²) < 4.78 is 0. The highest BCUT2D eigenvalue weighted by Crippen LogP contribution is 2.32. The monoisotopic (exact) mass is 233 g/mol. The standard InChI is InChI=1S/C15H23NO/c1-11(16-12(2)13-8-9-13)10-15(17)14-6-4-3-5-7-14/h3-7,11-13,15-17H,8-10H2,1-2H3. The van der Waals surface area contributed by atoms with Crippen LogP contribution in [0, 0.1) is 5.92 Å². The van der Waals surface area contributed by atoms with Gasteiger partial charge in [-0.05, 0) is 44.6 Å². The van der Waals surface area contributed by atoms with E-state index in [1.807, 2.05) is 30.3 Å². The fraction of sp³-hybridized carbons (Fsp3) is 0.600. The third kappa shape index (κ3) is 3.83. The number of rotatable bonds is 6. The molecule has 1 aliphatic carbocycles. The first-order valence-corrected chi connectivity index (χ1v) is 6.66. The third-order valence-electron chi connectivity index (χ3n) is 3.64. The summed E-state index contributed by atoms with van der Waals surface area (Å²) in [6.45, 7) is 4.41. The number of hydrogen-bond donors (Lipinski definition) is 2. The molecule has 0 bridgehead atoms. The number of aliphatic hydroxyl groups is 1. The van der Waals surface area contributed by atoms with E-state index in [0.29, 0.717) is 12.1 Å². The average molecular weight is 233 g/mol. The zero-order valence-corrected chi connectivity index (χ0v) is 10.8. The van der Waals surface area contributed by atoms with E-state index in [2.05, 4.69) is 19.2 Å². The number of aliphatic hydroxyl groups excluding tert-OH is 1.